The van der Waals surface area contributed by atoms with Gasteiger partial charge in [0.05, 0.1) is 0 Å². The maximum absolute atomic E-state index is 9.53. The van der Waals surface area contributed by atoms with Crippen LogP contribution in [0.4, 0.5) is 0 Å². The van der Waals surface area contributed by atoms with E-state index in [0.29, 0.717) is 18.5 Å². The van der Waals surface area contributed by atoms with E-state index in [4.69, 9.17) is 5.73 Å². The third-order valence-corrected chi connectivity index (χ3v) is 5.01. The average molecular weight is 341 g/mol. The van der Waals surface area contributed by atoms with Gasteiger partial charge in [0, 0.05) is 29.7 Å². The van der Waals surface area contributed by atoms with E-state index in [9.17, 15) is 5.11 Å². The minimum atomic E-state index is 0.141. The fraction of sp³-hybridized carbons (Fsp3) is 0.625. The second-order valence-corrected chi connectivity index (χ2v) is 6.67. The first-order chi connectivity index (χ1) is 9.65. The van der Waals surface area contributed by atoms with Crippen LogP contribution in [0.3, 0.4) is 0 Å². The molecular formula is C16H25BrN2O. The van der Waals surface area contributed by atoms with Crippen LogP contribution >= 0.6 is 15.9 Å². The van der Waals surface area contributed by atoms with Gasteiger partial charge < -0.3 is 16.2 Å². The molecule has 1 aliphatic rings. The van der Waals surface area contributed by atoms with Crippen molar-refractivity contribution in [2.45, 2.75) is 44.7 Å². The zero-order valence-corrected chi connectivity index (χ0v) is 13.7. The molecule has 3 unspecified atom stereocenters. The Morgan fingerprint density at radius 1 is 1.40 bits per heavy atom. The number of aliphatic hydroxyl groups is 1. The van der Waals surface area contributed by atoms with Gasteiger partial charge in [0.25, 0.3) is 0 Å². The van der Waals surface area contributed by atoms with Crippen molar-refractivity contribution in [1.29, 1.82) is 0 Å². The van der Waals surface area contributed by atoms with Crippen molar-refractivity contribution in [2.24, 2.45) is 11.7 Å². The lowest BCUT2D eigenvalue weighted by molar-refractivity contribution is 0.146. The molecule has 0 spiro atoms. The maximum Gasteiger partial charge on any atom is 0.0474 e. The molecule has 3 nitrogen and oxygen atoms in total. The standard InChI is InChI=1S/C16H25BrN2O/c1-11-6-7-13(14(17)8-11)16(9-18)19-15-5-3-2-4-12(15)10-20/h6-8,12,15-16,19-20H,2-5,9-10,18H2,1H3. The van der Waals surface area contributed by atoms with Crippen molar-refractivity contribution >= 4 is 15.9 Å². The van der Waals surface area contributed by atoms with Gasteiger partial charge >= 0.3 is 0 Å². The van der Waals surface area contributed by atoms with Gasteiger partial charge in [0.2, 0.25) is 0 Å². The number of nitrogens with two attached hydrogens (primary N) is 1. The summed E-state index contributed by atoms with van der Waals surface area (Å²) in [6.07, 6.45) is 4.71. The summed E-state index contributed by atoms with van der Waals surface area (Å²) in [5.74, 6) is 0.363. The number of halogens is 1. The van der Waals surface area contributed by atoms with Crippen molar-refractivity contribution in [3.63, 3.8) is 0 Å². The van der Waals surface area contributed by atoms with E-state index in [0.717, 1.165) is 17.3 Å². The molecule has 1 saturated carbocycles. The summed E-state index contributed by atoms with van der Waals surface area (Å²) in [7, 11) is 0. The Morgan fingerprint density at radius 2 is 2.15 bits per heavy atom. The Hall–Kier alpha value is -0.420. The topological polar surface area (TPSA) is 58.3 Å². The molecule has 0 amide bonds. The number of rotatable bonds is 5. The average Bonchev–Trinajstić information content (AvgIpc) is 2.46. The monoisotopic (exact) mass is 340 g/mol. The third-order valence-electron chi connectivity index (χ3n) is 4.33. The van der Waals surface area contributed by atoms with Crippen molar-refractivity contribution in [1.82, 2.24) is 5.32 Å². The Labute approximate surface area is 130 Å². The number of hydrogen-bond acceptors (Lipinski definition) is 3. The van der Waals surface area contributed by atoms with E-state index >= 15 is 0 Å². The van der Waals surface area contributed by atoms with Gasteiger partial charge in [-0.2, -0.15) is 0 Å². The van der Waals surface area contributed by atoms with E-state index in [-0.39, 0.29) is 12.6 Å². The summed E-state index contributed by atoms with van der Waals surface area (Å²) in [6, 6.07) is 6.90. The molecule has 20 heavy (non-hydrogen) atoms. The fourth-order valence-corrected chi connectivity index (χ4v) is 3.87. The second-order valence-electron chi connectivity index (χ2n) is 5.81. The zero-order valence-electron chi connectivity index (χ0n) is 12.1. The molecule has 0 aliphatic heterocycles. The maximum atomic E-state index is 9.53. The minimum Gasteiger partial charge on any atom is -0.396 e. The van der Waals surface area contributed by atoms with Crippen molar-refractivity contribution in [3.8, 4) is 0 Å². The second kappa shape index (κ2) is 7.55. The van der Waals surface area contributed by atoms with E-state index < -0.39 is 0 Å². The quantitative estimate of drug-likeness (QED) is 0.772. The smallest absolute Gasteiger partial charge is 0.0474 e. The van der Waals surface area contributed by atoms with Crippen LogP contribution in [0.25, 0.3) is 0 Å². The molecule has 0 aromatic heterocycles. The molecule has 1 aromatic carbocycles. The Kier molecular flexibility index (Phi) is 6.02. The lowest BCUT2D eigenvalue weighted by atomic mass is 9.84. The highest BCUT2D eigenvalue weighted by Gasteiger charge is 2.27. The number of hydrogen-bond donors (Lipinski definition) is 3. The summed E-state index contributed by atoms with van der Waals surface area (Å²) in [4.78, 5) is 0. The molecule has 3 atom stereocenters. The van der Waals surface area contributed by atoms with Gasteiger partial charge in [0.1, 0.15) is 0 Å². The summed E-state index contributed by atoms with van der Waals surface area (Å²) < 4.78 is 1.11. The third kappa shape index (κ3) is 3.82. The van der Waals surface area contributed by atoms with Crippen LogP contribution in [0.1, 0.15) is 42.9 Å². The van der Waals surface area contributed by atoms with E-state index in [1.54, 1.807) is 0 Å². The van der Waals surface area contributed by atoms with Gasteiger partial charge in [0.15, 0.2) is 0 Å². The highest BCUT2D eigenvalue weighted by molar-refractivity contribution is 9.10. The summed E-state index contributed by atoms with van der Waals surface area (Å²) in [6.45, 7) is 2.92. The number of benzene rings is 1. The van der Waals surface area contributed by atoms with Crippen LogP contribution in [0.5, 0.6) is 0 Å². The van der Waals surface area contributed by atoms with Crippen LogP contribution < -0.4 is 11.1 Å². The summed E-state index contributed by atoms with van der Waals surface area (Å²) >= 11 is 3.64. The first-order valence-corrected chi connectivity index (χ1v) is 8.28. The molecule has 112 valence electrons. The molecule has 4 N–H and O–H groups in total. The Balaban J connectivity index is 2.11. The highest BCUT2D eigenvalue weighted by Crippen LogP contribution is 2.29. The van der Waals surface area contributed by atoms with Crippen LogP contribution in [0.15, 0.2) is 22.7 Å². The zero-order chi connectivity index (χ0) is 14.5. The van der Waals surface area contributed by atoms with Crippen LogP contribution in [0, 0.1) is 12.8 Å². The molecule has 4 heteroatoms. The summed E-state index contributed by atoms with van der Waals surface area (Å²) in [5, 5.41) is 13.2. The SMILES string of the molecule is Cc1ccc(C(CN)NC2CCCCC2CO)c(Br)c1. The Morgan fingerprint density at radius 3 is 2.80 bits per heavy atom. The van der Waals surface area contributed by atoms with Gasteiger partial charge in [-0.3, -0.25) is 0 Å². The first-order valence-electron chi connectivity index (χ1n) is 7.48. The lowest BCUT2D eigenvalue weighted by Crippen LogP contribution is -2.44. The highest BCUT2D eigenvalue weighted by atomic mass is 79.9. The van der Waals surface area contributed by atoms with Gasteiger partial charge in [-0.15, -0.1) is 0 Å². The number of nitrogens with one attached hydrogen (secondary N) is 1. The largest absolute Gasteiger partial charge is 0.396 e. The Bertz CT molecular complexity index is 438. The molecule has 0 radical (unpaired) electrons. The van der Waals surface area contributed by atoms with Crippen LogP contribution in [0.2, 0.25) is 0 Å². The van der Waals surface area contributed by atoms with Gasteiger partial charge in [-0.05, 0) is 42.9 Å². The molecule has 1 aromatic rings. The van der Waals surface area contributed by atoms with E-state index in [2.05, 4.69) is 46.4 Å². The predicted molar refractivity (Wildman–Crippen MR) is 86.6 cm³/mol. The first kappa shape index (κ1) is 16.0. The molecule has 1 aliphatic carbocycles. The van der Waals surface area contributed by atoms with Gasteiger partial charge in [-0.25, -0.2) is 0 Å². The van der Waals surface area contributed by atoms with E-state index in [1.807, 2.05) is 0 Å². The fourth-order valence-electron chi connectivity index (χ4n) is 3.10. The molecule has 0 heterocycles. The minimum absolute atomic E-state index is 0.141. The van der Waals surface area contributed by atoms with Crippen molar-refractivity contribution in [3.05, 3.63) is 33.8 Å². The van der Waals surface area contributed by atoms with Gasteiger partial charge in [-0.1, -0.05) is 40.9 Å². The number of aliphatic hydroxyl groups excluding tert-OH is 1. The molecule has 0 saturated heterocycles. The molecular weight excluding hydrogens is 316 g/mol. The van der Waals surface area contributed by atoms with Crippen molar-refractivity contribution in [2.75, 3.05) is 13.2 Å². The lowest BCUT2D eigenvalue weighted by Gasteiger charge is -2.34. The molecule has 1 fully saturated rings. The van der Waals surface area contributed by atoms with Crippen molar-refractivity contribution < 1.29 is 5.11 Å². The van der Waals surface area contributed by atoms with E-state index in [1.165, 1.54) is 24.0 Å². The molecule has 0 bridgehead atoms. The normalized spacial score (nSPS) is 24.6. The predicted octanol–water partition coefficient (Wildman–Crippen LogP) is 2.90. The van der Waals surface area contributed by atoms with Crippen LogP contribution in [-0.2, 0) is 0 Å². The molecule has 2 rings (SSSR count). The van der Waals surface area contributed by atoms with Crippen LogP contribution in [-0.4, -0.2) is 24.3 Å². The number of aryl methyl sites for hydroxylation is 1. The summed E-state index contributed by atoms with van der Waals surface area (Å²) in [5.41, 5.74) is 8.42.